The third-order valence-electron chi connectivity index (χ3n) is 1.14. The predicted octanol–water partition coefficient (Wildman–Crippen LogP) is 2.66. The molecule has 0 bridgehead atoms. The molecule has 0 atom stereocenters. The molecule has 0 aromatic heterocycles. The molecule has 1 nitrogen and oxygen atoms in total. The van der Waals surface area contributed by atoms with Crippen LogP contribution in [-0.2, 0) is 0 Å². The van der Waals surface area contributed by atoms with Crippen LogP contribution in [0.5, 0.6) is 0 Å². The monoisotopic (exact) mass is 221 g/mol. The number of hydrogen-bond donors (Lipinski definition) is 0. The number of hydrogen-bond acceptors (Lipinski definition) is 1. The van der Waals surface area contributed by atoms with Gasteiger partial charge < -0.3 is 4.90 Å². The van der Waals surface area contributed by atoms with Crippen molar-refractivity contribution in [1.82, 2.24) is 0 Å². The van der Waals surface area contributed by atoms with Crippen molar-refractivity contribution >= 4 is 21.6 Å². The van der Waals surface area contributed by atoms with Crippen LogP contribution in [0.1, 0.15) is 20.1 Å². The van der Waals surface area contributed by atoms with Crippen LogP contribution in [0, 0.1) is 0 Å². The van der Waals surface area contributed by atoms with Crippen LogP contribution >= 0.6 is 15.9 Å². The molecule has 1 fully saturated rings. The highest BCUT2D eigenvalue weighted by molar-refractivity contribution is 9.10. The molecule has 58 valence electrons. The summed E-state index contributed by atoms with van der Waals surface area (Å²) in [6, 6.07) is -2.23. The summed E-state index contributed by atoms with van der Waals surface area (Å²) in [4.78, 5) is 0.327. The van der Waals surface area contributed by atoms with Crippen molar-refractivity contribution in [2.45, 2.75) is 6.37 Å². The van der Waals surface area contributed by atoms with Crippen LogP contribution in [0.15, 0.2) is 28.6 Å². The molecule has 0 aliphatic carbocycles. The van der Waals surface area contributed by atoms with E-state index in [1.165, 1.54) is 0 Å². The van der Waals surface area contributed by atoms with Gasteiger partial charge in [-0.15, -0.1) is 0 Å². The largest absolute Gasteiger partial charge is 0.371 e. The molecular weight excluding hydrogens is 202 g/mol. The SMILES string of the molecule is [2H]c1c([2H])c(N2C([2H])([2H])C([2H])([2H])C2([2H])[2H])c([2H])c([2H])c1Br. The minimum Gasteiger partial charge on any atom is -0.371 e. The van der Waals surface area contributed by atoms with E-state index in [9.17, 15) is 0 Å². The number of nitrogens with zero attached hydrogens (tertiary/aromatic N) is 1. The normalized spacial score (nSPS) is 43.2. The van der Waals surface area contributed by atoms with Gasteiger partial charge in [0.15, 0.2) is 0 Å². The lowest BCUT2D eigenvalue weighted by Gasteiger charge is -2.33. The standard InChI is InChI=1S/C9H10BrN/c10-8-2-4-9(5-3-8)11-6-1-7-11/h2-5H,1,6-7H2/i1D2,2D,3D,4D,5D,6D2,7D2. The second-order valence-corrected chi connectivity index (χ2v) is 2.64. The Kier molecular flexibility index (Phi) is 0.532. The van der Waals surface area contributed by atoms with Gasteiger partial charge in [-0.2, -0.15) is 0 Å². The summed E-state index contributed by atoms with van der Waals surface area (Å²) in [5.74, 6) is 0. The van der Waals surface area contributed by atoms with E-state index in [-0.39, 0.29) is 4.47 Å². The van der Waals surface area contributed by atoms with Gasteiger partial charge in [-0.05, 0) is 30.5 Å². The first kappa shape index (κ1) is 2.05. The Morgan fingerprint density at radius 3 is 2.64 bits per heavy atom. The molecule has 2 heteroatoms. The maximum Gasteiger partial charge on any atom is 0.0645 e. The van der Waals surface area contributed by atoms with Gasteiger partial charge >= 0.3 is 0 Å². The first-order valence-corrected chi connectivity index (χ1v) is 3.65. The van der Waals surface area contributed by atoms with Crippen molar-refractivity contribution in [3.05, 3.63) is 28.6 Å². The van der Waals surface area contributed by atoms with Gasteiger partial charge in [-0.3, -0.25) is 0 Å². The van der Waals surface area contributed by atoms with Crippen molar-refractivity contribution in [3.63, 3.8) is 0 Å². The molecule has 1 saturated heterocycles. The van der Waals surface area contributed by atoms with Crippen molar-refractivity contribution in [1.29, 1.82) is 0 Å². The van der Waals surface area contributed by atoms with E-state index >= 15 is 0 Å². The smallest absolute Gasteiger partial charge is 0.0645 e. The fraction of sp³-hybridized carbons (Fsp3) is 0.333. The Bertz CT molecular complexity index is 580. The topological polar surface area (TPSA) is 3.24 Å². The Morgan fingerprint density at radius 2 is 2.00 bits per heavy atom. The number of halogens is 1. The van der Waals surface area contributed by atoms with Crippen molar-refractivity contribution in [2.24, 2.45) is 0 Å². The summed E-state index contributed by atoms with van der Waals surface area (Å²) in [5, 5.41) is 0. The molecular formula is C9H10BrN. The van der Waals surface area contributed by atoms with Gasteiger partial charge in [0, 0.05) is 31.4 Å². The molecule has 0 unspecified atom stereocenters. The molecule has 1 aromatic rings. The summed E-state index contributed by atoms with van der Waals surface area (Å²) in [5.41, 5.74) is -0.599. The lowest BCUT2D eigenvalue weighted by Crippen LogP contribution is -2.36. The van der Waals surface area contributed by atoms with Crippen LogP contribution in [-0.4, -0.2) is 13.0 Å². The fourth-order valence-electron chi connectivity index (χ4n) is 0.626. The van der Waals surface area contributed by atoms with Gasteiger partial charge in [-0.25, -0.2) is 0 Å². The Hall–Kier alpha value is -0.500. The van der Waals surface area contributed by atoms with Gasteiger partial charge in [0.25, 0.3) is 0 Å². The molecule has 1 aliphatic rings. The second kappa shape index (κ2) is 2.86. The maximum absolute atomic E-state index is 7.81. The molecule has 1 aromatic carbocycles. The third-order valence-corrected chi connectivity index (χ3v) is 1.54. The van der Waals surface area contributed by atoms with Crippen molar-refractivity contribution in [3.8, 4) is 0 Å². The van der Waals surface area contributed by atoms with E-state index in [0.29, 0.717) is 4.90 Å². The molecule has 1 aliphatic heterocycles. The molecule has 1 heterocycles. The zero-order valence-electron chi connectivity index (χ0n) is 15.3. The average molecular weight is 222 g/mol. The summed E-state index contributed by atoms with van der Waals surface area (Å²) >= 11 is 2.89. The highest BCUT2D eigenvalue weighted by Gasteiger charge is 2.13. The molecule has 0 amide bonds. The van der Waals surface area contributed by atoms with Crippen LogP contribution in [0.2, 0.25) is 0 Å². The van der Waals surface area contributed by atoms with E-state index < -0.39 is 49.2 Å². The van der Waals surface area contributed by atoms with Crippen molar-refractivity contribution in [2.75, 3.05) is 17.9 Å². The number of rotatable bonds is 1. The van der Waals surface area contributed by atoms with Crippen LogP contribution < -0.4 is 4.90 Å². The Morgan fingerprint density at radius 1 is 1.36 bits per heavy atom. The third kappa shape index (κ3) is 1.41. The predicted molar refractivity (Wildman–Crippen MR) is 51.0 cm³/mol. The second-order valence-electron chi connectivity index (χ2n) is 1.85. The summed E-state index contributed by atoms with van der Waals surface area (Å²) in [6.07, 6.45) is -2.85. The van der Waals surface area contributed by atoms with E-state index in [2.05, 4.69) is 15.9 Å². The summed E-state index contributed by atoms with van der Waals surface area (Å²) in [6.45, 7) is -5.59. The Balaban J connectivity index is 2.75. The van der Waals surface area contributed by atoms with E-state index in [1.54, 1.807) is 0 Å². The van der Waals surface area contributed by atoms with Crippen LogP contribution in [0.3, 0.4) is 0 Å². The first-order chi connectivity index (χ1) is 9.30. The first-order valence-electron chi connectivity index (χ1n) is 7.86. The van der Waals surface area contributed by atoms with Crippen molar-refractivity contribution < 1.29 is 13.7 Å². The average Bonchev–Trinajstić information content (AvgIpc) is 2.37. The quantitative estimate of drug-likeness (QED) is 0.706. The van der Waals surface area contributed by atoms with Gasteiger partial charge in [0.2, 0.25) is 0 Å². The van der Waals surface area contributed by atoms with E-state index in [1.807, 2.05) is 0 Å². The molecule has 0 spiro atoms. The van der Waals surface area contributed by atoms with Crippen LogP contribution in [0.4, 0.5) is 5.69 Å². The minimum atomic E-state index is -2.85. The summed E-state index contributed by atoms with van der Waals surface area (Å²) < 4.78 is 76.6. The van der Waals surface area contributed by atoms with Crippen LogP contribution in [0.25, 0.3) is 0 Å². The maximum atomic E-state index is 7.81. The van der Waals surface area contributed by atoms with Gasteiger partial charge in [-0.1, -0.05) is 15.9 Å². The number of benzene rings is 1. The van der Waals surface area contributed by atoms with Gasteiger partial charge in [0.05, 0.1) is 5.48 Å². The minimum absolute atomic E-state index is 0.120. The molecule has 0 radical (unpaired) electrons. The highest BCUT2D eigenvalue weighted by atomic mass is 79.9. The molecule has 11 heavy (non-hydrogen) atoms. The fourth-order valence-corrected chi connectivity index (χ4v) is 0.824. The molecule has 0 N–H and O–H groups in total. The molecule has 2 rings (SSSR count). The Labute approximate surface area is 89.2 Å². The lowest BCUT2D eigenvalue weighted by atomic mass is 10.2. The van der Waals surface area contributed by atoms with Gasteiger partial charge in [0.1, 0.15) is 0 Å². The van der Waals surface area contributed by atoms with E-state index in [4.69, 9.17) is 13.7 Å². The summed E-state index contributed by atoms with van der Waals surface area (Å²) in [7, 11) is 0. The lowest BCUT2D eigenvalue weighted by molar-refractivity contribution is 0.618. The zero-order chi connectivity index (χ0) is 16.5. The van der Waals surface area contributed by atoms with E-state index in [0.717, 1.165) is 0 Å². The highest BCUT2D eigenvalue weighted by Crippen LogP contribution is 2.22. The number of anilines is 1. The zero-order valence-corrected chi connectivity index (χ0v) is 6.91. The molecule has 0 saturated carbocycles.